The van der Waals surface area contributed by atoms with Crippen molar-refractivity contribution in [2.75, 3.05) is 7.05 Å². The van der Waals surface area contributed by atoms with Gasteiger partial charge in [-0.05, 0) is 32.0 Å². The molecule has 2 aromatic rings. The van der Waals surface area contributed by atoms with Gasteiger partial charge in [0.05, 0.1) is 17.4 Å². The minimum absolute atomic E-state index is 0.589. The molecule has 2 bridgehead atoms. The third-order valence-corrected chi connectivity index (χ3v) is 4.23. The number of hydrogen-bond donors (Lipinski definition) is 0. The highest BCUT2D eigenvalue weighted by Crippen LogP contribution is 2.42. The molecule has 82 valence electrons. The van der Waals surface area contributed by atoms with Gasteiger partial charge >= 0.3 is 0 Å². The second-order valence-electron chi connectivity index (χ2n) is 4.99. The van der Waals surface area contributed by atoms with Crippen molar-refractivity contribution >= 4 is 5.65 Å². The lowest BCUT2D eigenvalue weighted by Gasteiger charge is -2.30. The summed E-state index contributed by atoms with van der Waals surface area (Å²) in [7, 11) is 2.26. The molecule has 4 rings (SSSR count). The molecule has 0 aromatic carbocycles. The minimum Gasteiger partial charge on any atom is -0.302 e. The number of fused-ring (bicyclic) bond motifs is 6. The molecule has 2 aliphatic rings. The summed E-state index contributed by atoms with van der Waals surface area (Å²) in [5, 5.41) is 0. The van der Waals surface area contributed by atoms with E-state index in [1.807, 2.05) is 0 Å². The van der Waals surface area contributed by atoms with Gasteiger partial charge < -0.3 is 4.40 Å². The van der Waals surface area contributed by atoms with Crippen LogP contribution in [0.5, 0.6) is 0 Å². The second kappa shape index (κ2) is 2.86. The predicted molar refractivity (Wildman–Crippen MR) is 62.4 cm³/mol. The first kappa shape index (κ1) is 8.76. The number of aromatic nitrogens is 2. The molecule has 4 heterocycles. The van der Waals surface area contributed by atoms with Crippen LogP contribution in [-0.2, 0) is 6.42 Å². The fraction of sp³-hybridized carbons (Fsp3) is 0.462. The van der Waals surface area contributed by atoms with Crippen molar-refractivity contribution in [2.24, 2.45) is 0 Å². The molecule has 16 heavy (non-hydrogen) atoms. The predicted octanol–water partition coefficient (Wildman–Crippen LogP) is 2.03. The molecular formula is C13H15N3. The van der Waals surface area contributed by atoms with E-state index in [2.05, 4.69) is 40.7 Å². The van der Waals surface area contributed by atoms with Gasteiger partial charge in [-0.25, -0.2) is 4.98 Å². The van der Waals surface area contributed by atoms with Crippen LogP contribution in [0.4, 0.5) is 0 Å². The van der Waals surface area contributed by atoms with Gasteiger partial charge in [-0.1, -0.05) is 6.07 Å². The zero-order valence-electron chi connectivity index (χ0n) is 9.43. The van der Waals surface area contributed by atoms with Crippen LogP contribution in [0.3, 0.4) is 0 Å². The summed E-state index contributed by atoms with van der Waals surface area (Å²) in [6, 6.07) is 7.58. The van der Waals surface area contributed by atoms with Crippen molar-refractivity contribution < 1.29 is 0 Å². The minimum atomic E-state index is 0.589. The fourth-order valence-corrected chi connectivity index (χ4v) is 3.38. The molecule has 0 aliphatic carbocycles. The highest BCUT2D eigenvalue weighted by atomic mass is 15.2. The van der Waals surface area contributed by atoms with E-state index in [9.17, 15) is 0 Å². The van der Waals surface area contributed by atoms with Crippen LogP contribution in [0.25, 0.3) is 5.65 Å². The van der Waals surface area contributed by atoms with Crippen molar-refractivity contribution in [3.8, 4) is 0 Å². The van der Waals surface area contributed by atoms with Crippen LogP contribution in [-0.4, -0.2) is 27.4 Å². The van der Waals surface area contributed by atoms with Gasteiger partial charge in [0.15, 0.2) is 0 Å². The molecule has 0 radical (unpaired) electrons. The Kier molecular flexibility index (Phi) is 1.56. The number of imidazole rings is 1. The van der Waals surface area contributed by atoms with E-state index in [1.54, 1.807) is 0 Å². The first-order valence-corrected chi connectivity index (χ1v) is 6.02. The van der Waals surface area contributed by atoms with E-state index in [-0.39, 0.29) is 0 Å². The largest absolute Gasteiger partial charge is 0.302 e. The Morgan fingerprint density at radius 1 is 1.31 bits per heavy atom. The smallest absolute Gasteiger partial charge is 0.137 e. The van der Waals surface area contributed by atoms with Crippen LogP contribution >= 0.6 is 0 Å². The maximum Gasteiger partial charge on any atom is 0.137 e. The zero-order valence-corrected chi connectivity index (χ0v) is 9.43. The van der Waals surface area contributed by atoms with Crippen molar-refractivity contribution in [1.82, 2.24) is 14.3 Å². The first-order chi connectivity index (χ1) is 7.84. The molecule has 1 fully saturated rings. The van der Waals surface area contributed by atoms with Crippen LogP contribution < -0.4 is 0 Å². The van der Waals surface area contributed by atoms with Crippen LogP contribution in [0, 0.1) is 0 Å². The van der Waals surface area contributed by atoms with Gasteiger partial charge in [-0.15, -0.1) is 0 Å². The van der Waals surface area contributed by atoms with Gasteiger partial charge in [-0.2, -0.15) is 0 Å². The highest BCUT2D eigenvalue weighted by Gasteiger charge is 2.40. The summed E-state index contributed by atoms with van der Waals surface area (Å²) in [6.45, 7) is 0. The Bertz CT molecular complexity index is 557. The lowest BCUT2D eigenvalue weighted by molar-refractivity contribution is 0.218. The van der Waals surface area contributed by atoms with Crippen LogP contribution in [0.1, 0.15) is 30.3 Å². The van der Waals surface area contributed by atoms with E-state index in [0.717, 1.165) is 18.1 Å². The van der Waals surface area contributed by atoms with Gasteiger partial charge in [0, 0.05) is 18.7 Å². The molecule has 0 saturated carbocycles. The first-order valence-electron chi connectivity index (χ1n) is 6.02. The Labute approximate surface area is 94.7 Å². The third-order valence-electron chi connectivity index (χ3n) is 4.23. The second-order valence-corrected chi connectivity index (χ2v) is 4.99. The third kappa shape index (κ3) is 0.944. The summed E-state index contributed by atoms with van der Waals surface area (Å²) in [4.78, 5) is 7.30. The Morgan fingerprint density at radius 2 is 2.25 bits per heavy atom. The molecule has 3 heteroatoms. The number of hydrogen-bond acceptors (Lipinski definition) is 2. The summed E-state index contributed by atoms with van der Waals surface area (Å²) < 4.78 is 2.28. The van der Waals surface area contributed by atoms with Crippen LogP contribution in [0.15, 0.2) is 24.4 Å². The van der Waals surface area contributed by atoms with Crippen molar-refractivity contribution in [3.63, 3.8) is 0 Å². The average molecular weight is 213 g/mol. The molecule has 0 spiro atoms. The molecule has 0 amide bonds. The number of pyridine rings is 1. The van der Waals surface area contributed by atoms with Gasteiger partial charge in [0.25, 0.3) is 0 Å². The van der Waals surface area contributed by atoms with E-state index in [0.29, 0.717) is 6.04 Å². The van der Waals surface area contributed by atoms with Crippen molar-refractivity contribution in [3.05, 3.63) is 35.8 Å². The summed E-state index contributed by atoms with van der Waals surface area (Å²) in [6.07, 6.45) is 5.89. The van der Waals surface area contributed by atoms with E-state index >= 15 is 0 Å². The maximum absolute atomic E-state index is 4.76. The Hall–Kier alpha value is -1.35. The summed E-state index contributed by atoms with van der Waals surface area (Å²) in [5.74, 6) is 0. The van der Waals surface area contributed by atoms with E-state index in [1.165, 1.54) is 24.2 Å². The summed E-state index contributed by atoms with van der Waals surface area (Å²) in [5.41, 5.74) is 3.87. The quantitative estimate of drug-likeness (QED) is 0.667. The van der Waals surface area contributed by atoms with Gasteiger partial charge in [-0.3, -0.25) is 4.90 Å². The summed E-state index contributed by atoms with van der Waals surface area (Å²) >= 11 is 0. The van der Waals surface area contributed by atoms with Crippen molar-refractivity contribution in [1.29, 1.82) is 0 Å². The molecule has 3 nitrogen and oxygen atoms in total. The van der Waals surface area contributed by atoms with Gasteiger partial charge in [0.1, 0.15) is 5.65 Å². The standard InChI is InChI=1S/C13H15N3/c1-15-9-5-6-11(15)13-10(8-9)14-12-4-2-3-7-16(12)13/h2-4,7,9,11H,5-6,8H2,1H3. The molecular weight excluding hydrogens is 198 g/mol. The van der Waals surface area contributed by atoms with Gasteiger partial charge in [0.2, 0.25) is 0 Å². The highest BCUT2D eigenvalue weighted by molar-refractivity contribution is 5.45. The molecule has 2 aromatic heterocycles. The molecule has 2 atom stereocenters. The number of likely N-dealkylation sites (N-methyl/N-ethyl adjacent to an activating group) is 1. The molecule has 2 aliphatic heterocycles. The maximum atomic E-state index is 4.76. The fourth-order valence-electron chi connectivity index (χ4n) is 3.38. The Morgan fingerprint density at radius 3 is 3.19 bits per heavy atom. The van der Waals surface area contributed by atoms with Crippen molar-refractivity contribution in [2.45, 2.75) is 31.3 Å². The topological polar surface area (TPSA) is 20.5 Å². The zero-order chi connectivity index (χ0) is 10.7. The lowest BCUT2D eigenvalue weighted by Crippen LogP contribution is -2.34. The lowest BCUT2D eigenvalue weighted by atomic mass is 10.0. The number of rotatable bonds is 0. The van der Waals surface area contributed by atoms with E-state index < -0.39 is 0 Å². The number of nitrogens with zero attached hydrogens (tertiary/aromatic N) is 3. The molecule has 1 saturated heterocycles. The SMILES string of the molecule is CN1C2CCC1c1c(nc3ccccn13)C2. The average Bonchev–Trinajstić information content (AvgIpc) is 2.76. The van der Waals surface area contributed by atoms with Crippen LogP contribution in [0.2, 0.25) is 0 Å². The molecule has 2 unspecified atom stereocenters. The Balaban J connectivity index is 2.03. The normalized spacial score (nSPS) is 28.6. The monoisotopic (exact) mass is 213 g/mol. The van der Waals surface area contributed by atoms with E-state index in [4.69, 9.17) is 4.98 Å². The molecule has 0 N–H and O–H groups in total.